The smallest absolute Gasteiger partial charge is 0.255 e. The third-order valence-corrected chi connectivity index (χ3v) is 8.37. The van der Waals surface area contributed by atoms with Crippen molar-refractivity contribution in [2.24, 2.45) is 17.6 Å². The monoisotopic (exact) mass is 530 g/mol. The van der Waals surface area contributed by atoms with Crippen LogP contribution in [-0.4, -0.2) is 80.6 Å². The van der Waals surface area contributed by atoms with Gasteiger partial charge in [0.1, 0.15) is 22.9 Å². The maximum atomic E-state index is 15.9. The molecule has 1 amide bonds. The zero-order valence-corrected chi connectivity index (χ0v) is 21.5. The summed E-state index contributed by atoms with van der Waals surface area (Å²) in [6.45, 7) is 4.22. The molecule has 0 saturated heterocycles. The number of allylic oxidation sites excluding steroid dienone is 1. The SMILES string of the molecule is CN(C)[C@@H]1C(O)=C(C(N)=O)C(=O)[C@@]2(O)C(O)=C3C(=O)c4c(O)c5c(c(F)c4C[C@H]3C[C@@H]12)CNC(C)(C)CN5. The molecule has 38 heavy (non-hydrogen) atoms. The first kappa shape index (κ1) is 26.1. The summed E-state index contributed by atoms with van der Waals surface area (Å²) in [6, 6.07) is -1.11. The highest BCUT2D eigenvalue weighted by molar-refractivity contribution is 6.24. The highest BCUT2D eigenvalue weighted by atomic mass is 19.1. The minimum absolute atomic E-state index is 0.0253. The molecule has 3 aliphatic carbocycles. The van der Waals surface area contributed by atoms with Crippen molar-refractivity contribution in [2.75, 3.05) is 26.0 Å². The number of aromatic hydroxyl groups is 1. The fourth-order valence-electron chi connectivity index (χ4n) is 6.45. The number of phenolic OH excluding ortho intramolecular Hbond substituents is 1. The Balaban J connectivity index is 1.71. The largest absolute Gasteiger partial charge is 0.510 e. The number of fused-ring (bicyclic) bond motifs is 4. The van der Waals surface area contributed by atoms with E-state index in [0.29, 0.717) is 6.54 Å². The van der Waals surface area contributed by atoms with Crippen LogP contribution in [0.4, 0.5) is 10.1 Å². The Bertz CT molecular complexity index is 1380. The number of nitrogens with two attached hydrogens (primary N) is 1. The van der Waals surface area contributed by atoms with Crippen molar-refractivity contribution in [3.63, 3.8) is 0 Å². The Kier molecular flexibility index (Phi) is 5.68. The number of carbonyl (C=O) groups excluding carboxylic acids is 3. The molecule has 4 aliphatic rings. The number of hydrogen-bond donors (Lipinski definition) is 7. The minimum atomic E-state index is -2.74. The van der Waals surface area contributed by atoms with Gasteiger partial charge in [0.15, 0.2) is 17.1 Å². The highest BCUT2D eigenvalue weighted by Crippen LogP contribution is 2.53. The van der Waals surface area contributed by atoms with E-state index in [0.717, 1.165) is 0 Å². The number of benzene rings is 1. The number of halogens is 1. The van der Waals surface area contributed by atoms with Gasteiger partial charge in [-0.3, -0.25) is 19.3 Å². The lowest BCUT2D eigenvalue weighted by molar-refractivity contribution is -0.148. The fourth-order valence-corrected chi connectivity index (χ4v) is 6.45. The van der Waals surface area contributed by atoms with Crippen LogP contribution in [0.5, 0.6) is 5.75 Å². The van der Waals surface area contributed by atoms with E-state index in [2.05, 4.69) is 10.6 Å². The van der Waals surface area contributed by atoms with Gasteiger partial charge in [-0.05, 0) is 46.7 Å². The van der Waals surface area contributed by atoms with E-state index in [1.54, 1.807) is 14.1 Å². The molecule has 4 atom stereocenters. The number of Topliss-reactive ketones (excluding diaryl/α,β-unsaturated/α-hetero) is 2. The van der Waals surface area contributed by atoms with Gasteiger partial charge in [0.2, 0.25) is 5.78 Å². The predicted octanol–water partition coefficient (Wildman–Crippen LogP) is 0.553. The molecular weight excluding hydrogens is 499 g/mol. The molecule has 0 radical (unpaired) electrons. The summed E-state index contributed by atoms with van der Waals surface area (Å²) in [4.78, 5) is 40.6. The van der Waals surface area contributed by atoms with Crippen molar-refractivity contribution in [3.05, 3.63) is 45.2 Å². The van der Waals surface area contributed by atoms with E-state index in [1.807, 2.05) is 13.8 Å². The standard InChI is InChI=1S/C26H31FN4O7/c1-25(2)8-29-17-11(7-30-25)16(27)10-5-9-6-12-18(31(3)4)21(34)15(24(28)37)23(36)26(12,38)22(35)13(9)19(32)14(10)20(17)33/h9,12,18,29-30,33-35,38H,5-8H2,1-4H3,(H2,28,37)/t9-,12-,18-,26-/m0/s1. The van der Waals surface area contributed by atoms with Gasteiger partial charge in [-0.15, -0.1) is 0 Å². The van der Waals surface area contributed by atoms with Crippen LogP contribution in [0, 0.1) is 17.7 Å². The van der Waals surface area contributed by atoms with Gasteiger partial charge in [-0.2, -0.15) is 0 Å². The van der Waals surface area contributed by atoms with Crippen molar-refractivity contribution < 1.29 is 39.2 Å². The van der Waals surface area contributed by atoms with E-state index >= 15 is 4.39 Å². The number of amides is 1. The first-order valence-electron chi connectivity index (χ1n) is 12.3. The number of nitrogens with one attached hydrogen (secondary N) is 2. The number of phenols is 1. The molecule has 1 aliphatic heterocycles. The Morgan fingerprint density at radius 2 is 1.82 bits per heavy atom. The maximum absolute atomic E-state index is 15.9. The number of primary amides is 1. The predicted molar refractivity (Wildman–Crippen MR) is 133 cm³/mol. The third-order valence-electron chi connectivity index (χ3n) is 8.37. The van der Waals surface area contributed by atoms with E-state index in [9.17, 15) is 34.8 Å². The van der Waals surface area contributed by atoms with Crippen molar-refractivity contribution in [3.8, 4) is 5.75 Å². The molecule has 11 nitrogen and oxygen atoms in total. The van der Waals surface area contributed by atoms with Crippen LogP contribution in [0.25, 0.3) is 0 Å². The summed E-state index contributed by atoms with van der Waals surface area (Å²) in [5, 5.41) is 51.1. The van der Waals surface area contributed by atoms with Gasteiger partial charge in [0.25, 0.3) is 5.91 Å². The van der Waals surface area contributed by atoms with Crippen molar-refractivity contribution in [1.29, 1.82) is 0 Å². The summed E-state index contributed by atoms with van der Waals surface area (Å²) in [6.07, 6.45) is -0.211. The lowest BCUT2D eigenvalue weighted by atomic mass is 9.58. The molecule has 1 aromatic carbocycles. The fraction of sp³-hybridized carbons (Fsp3) is 0.500. The molecule has 0 fully saturated rings. The average Bonchev–Trinajstić information content (AvgIpc) is 2.97. The average molecular weight is 531 g/mol. The number of anilines is 1. The number of nitrogens with zero attached hydrogens (tertiary/aromatic N) is 1. The summed E-state index contributed by atoms with van der Waals surface area (Å²) >= 11 is 0. The maximum Gasteiger partial charge on any atom is 0.255 e. The molecule has 0 saturated carbocycles. The molecule has 0 unspecified atom stereocenters. The van der Waals surface area contributed by atoms with Crippen molar-refractivity contribution in [1.82, 2.24) is 10.2 Å². The third kappa shape index (κ3) is 3.33. The first-order valence-corrected chi connectivity index (χ1v) is 12.3. The first-order chi connectivity index (χ1) is 17.6. The minimum Gasteiger partial charge on any atom is -0.510 e. The number of hydrogen-bond acceptors (Lipinski definition) is 10. The van der Waals surface area contributed by atoms with Crippen LogP contribution >= 0.6 is 0 Å². The Morgan fingerprint density at radius 1 is 1.16 bits per heavy atom. The van der Waals surface area contributed by atoms with Crippen LogP contribution in [0.3, 0.4) is 0 Å². The lowest BCUT2D eigenvalue weighted by Crippen LogP contribution is -2.63. The molecule has 8 N–H and O–H groups in total. The molecular formula is C26H31FN4O7. The summed E-state index contributed by atoms with van der Waals surface area (Å²) in [5.74, 6) is -8.33. The molecule has 0 bridgehead atoms. The molecule has 204 valence electrons. The second kappa shape index (κ2) is 8.26. The van der Waals surface area contributed by atoms with Crippen LogP contribution in [0.2, 0.25) is 0 Å². The number of ketones is 2. The summed E-state index contributed by atoms with van der Waals surface area (Å²) < 4.78 is 15.9. The quantitative estimate of drug-likeness (QED) is 0.210. The Hall–Kier alpha value is -3.48. The molecule has 0 spiro atoms. The van der Waals surface area contributed by atoms with Gasteiger partial charge in [-0.25, -0.2) is 4.39 Å². The molecule has 12 heteroatoms. The molecule has 5 rings (SSSR count). The Morgan fingerprint density at radius 3 is 2.42 bits per heavy atom. The molecule has 1 heterocycles. The normalized spacial score (nSPS) is 30.2. The van der Waals surface area contributed by atoms with Crippen LogP contribution < -0.4 is 16.4 Å². The van der Waals surface area contributed by atoms with Gasteiger partial charge in [-0.1, -0.05) is 0 Å². The lowest BCUT2D eigenvalue weighted by Gasteiger charge is -2.50. The summed E-state index contributed by atoms with van der Waals surface area (Å²) in [7, 11) is 3.09. The molecule has 0 aromatic heterocycles. The van der Waals surface area contributed by atoms with Crippen LogP contribution in [0.15, 0.2) is 22.7 Å². The van der Waals surface area contributed by atoms with E-state index in [1.165, 1.54) is 4.90 Å². The zero-order chi connectivity index (χ0) is 28.1. The Labute approximate surface area is 217 Å². The number of rotatable bonds is 2. The topological polar surface area (TPSA) is 185 Å². The summed E-state index contributed by atoms with van der Waals surface area (Å²) in [5.41, 5.74) is 0.806. The van der Waals surface area contributed by atoms with Gasteiger partial charge in [0.05, 0.1) is 17.3 Å². The number of aliphatic hydroxyl groups is 3. The van der Waals surface area contributed by atoms with Gasteiger partial charge in [0, 0.05) is 41.2 Å². The molecule has 1 aromatic rings. The van der Waals surface area contributed by atoms with E-state index in [-0.39, 0.29) is 47.3 Å². The van der Waals surface area contributed by atoms with Crippen molar-refractivity contribution in [2.45, 2.75) is 50.4 Å². The second-order valence-corrected chi connectivity index (χ2v) is 11.4. The van der Waals surface area contributed by atoms with Crippen LogP contribution in [-0.2, 0) is 22.6 Å². The van der Waals surface area contributed by atoms with Gasteiger partial charge >= 0.3 is 0 Å². The number of aliphatic hydroxyl groups excluding tert-OH is 2. The van der Waals surface area contributed by atoms with Crippen molar-refractivity contribution >= 4 is 23.2 Å². The highest BCUT2D eigenvalue weighted by Gasteiger charge is 2.63. The van der Waals surface area contributed by atoms with E-state index < -0.39 is 75.1 Å². The van der Waals surface area contributed by atoms with E-state index in [4.69, 9.17) is 5.73 Å². The van der Waals surface area contributed by atoms with Gasteiger partial charge < -0.3 is 36.8 Å². The van der Waals surface area contributed by atoms with Crippen LogP contribution in [0.1, 0.15) is 41.8 Å². The zero-order valence-electron chi connectivity index (χ0n) is 21.5. The number of likely N-dealkylation sites (N-methyl/N-ethyl adjacent to an activating group) is 1. The number of carbonyl (C=O) groups is 3. The second-order valence-electron chi connectivity index (χ2n) is 11.4.